The summed E-state index contributed by atoms with van der Waals surface area (Å²) in [6.45, 7) is 1.76. The van der Waals surface area contributed by atoms with Gasteiger partial charge in [-0.2, -0.15) is 5.10 Å². The van der Waals surface area contributed by atoms with Crippen molar-refractivity contribution in [1.82, 2.24) is 24.7 Å². The molecule has 0 atom stereocenters. The molecule has 0 bridgehead atoms. The van der Waals surface area contributed by atoms with Crippen LogP contribution in [0.3, 0.4) is 0 Å². The van der Waals surface area contributed by atoms with E-state index in [1.165, 1.54) is 22.0 Å². The van der Waals surface area contributed by atoms with E-state index in [4.69, 9.17) is 0 Å². The highest BCUT2D eigenvalue weighted by atomic mass is 16.1. The van der Waals surface area contributed by atoms with E-state index in [1.807, 2.05) is 30.3 Å². The van der Waals surface area contributed by atoms with E-state index in [9.17, 15) is 4.79 Å². The van der Waals surface area contributed by atoms with Crippen molar-refractivity contribution >= 4 is 6.21 Å². The summed E-state index contributed by atoms with van der Waals surface area (Å²) in [6.07, 6.45) is 4.51. The van der Waals surface area contributed by atoms with E-state index in [2.05, 4.69) is 20.4 Å². The third-order valence-electron chi connectivity index (χ3n) is 2.90. The van der Waals surface area contributed by atoms with Crippen molar-refractivity contribution in [3.05, 3.63) is 64.6 Å². The van der Waals surface area contributed by atoms with Crippen LogP contribution in [0, 0.1) is 6.92 Å². The Hall–Kier alpha value is -2.96. The lowest BCUT2D eigenvalue weighted by atomic mass is 10.3. The van der Waals surface area contributed by atoms with E-state index in [-0.39, 0.29) is 5.56 Å². The molecule has 0 aliphatic rings. The highest BCUT2D eigenvalue weighted by Crippen LogP contribution is 2.05. The number of H-pyrrole nitrogens is 1. The Morgan fingerprint density at radius 2 is 1.90 bits per heavy atom. The number of nitrogens with zero attached hydrogens (tertiary/aromatic N) is 5. The maximum absolute atomic E-state index is 12.2. The van der Waals surface area contributed by atoms with Crippen LogP contribution in [0.25, 0.3) is 5.69 Å². The van der Waals surface area contributed by atoms with Crippen LogP contribution < -0.4 is 5.56 Å². The van der Waals surface area contributed by atoms with Crippen molar-refractivity contribution in [1.29, 1.82) is 0 Å². The monoisotopic (exact) mass is 268 g/mol. The Bertz CT molecular complexity index is 782. The van der Waals surface area contributed by atoms with E-state index in [1.54, 1.807) is 13.1 Å². The summed E-state index contributed by atoms with van der Waals surface area (Å²) in [5.41, 5.74) is 1.93. The van der Waals surface area contributed by atoms with Crippen LogP contribution >= 0.6 is 0 Å². The zero-order valence-electron chi connectivity index (χ0n) is 10.8. The van der Waals surface area contributed by atoms with Gasteiger partial charge in [0.2, 0.25) is 0 Å². The van der Waals surface area contributed by atoms with E-state index in [0.717, 1.165) is 5.69 Å². The number of aromatic amines is 1. The maximum Gasteiger partial charge on any atom is 0.274 e. The fourth-order valence-corrected chi connectivity index (χ4v) is 1.80. The van der Waals surface area contributed by atoms with Gasteiger partial charge in [0.05, 0.1) is 17.6 Å². The molecule has 20 heavy (non-hydrogen) atoms. The first-order chi connectivity index (χ1) is 9.75. The molecule has 3 aromatic rings. The van der Waals surface area contributed by atoms with Gasteiger partial charge in [-0.15, -0.1) is 10.2 Å². The smallest absolute Gasteiger partial charge is 0.274 e. The molecule has 3 rings (SSSR count). The number of hydrogen-bond acceptors (Lipinski definition) is 4. The second-order valence-corrected chi connectivity index (χ2v) is 4.21. The molecule has 0 saturated heterocycles. The lowest BCUT2D eigenvalue weighted by Gasteiger charge is -1.99. The lowest BCUT2D eigenvalue weighted by Crippen LogP contribution is -2.15. The summed E-state index contributed by atoms with van der Waals surface area (Å²) < 4.78 is 2.94. The third kappa shape index (κ3) is 2.16. The average Bonchev–Trinajstić information content (AvgIpc) is 3.09. The summed E-state index contributed by atoms with van der Waals surface area (Å²) in [7, 11) is 0. The summed E-state index contributed by atoms with van der Waals surface area (Å²) in [6, 6.07) is 9.38. The molecule has 7 heteroatoms. The molecular formula is C13H12N6O. The van der Waals surface area contributed by atoms with Crippen molar-refractivity contribution in [3.8, 4) is 5.69 Å². The zero-order chi connectivity index (χ0) is 13.9. The van der Waals surface area contributed by atoms with Crippen molar-refractivity contribution < 1.29 is 0 Å². The van der Waals surface area contributed by atoms with Gasteiger partial charge in [0.15, 0.2) is 0 Å². The molecule has 7 nitrogen and oxygen atoms in total. The number of nitrogens with one attached hydrogen (secondary N) is 1. The number of para-hydroxylation sites is 1. The molecule has 0 aliphatic heterocycles. The highest BCUT2D eigenvalue weighted by molar-refractivity contribution is 5.78. The van der Waals surface area contributed by atoms with Crippen LogP contribution in [0.5, 0.6) is 0 Å². The lowest BCUT2D eigenvalue weighted by molar-refractivity contribution is 0.841. The molecule has 2 aromatic heterocycles. The Kier molecular flexibility index (Phi) is 3.00. The van der Waals surface area contributed by atoms with E-state index in [0.29, 0.717) is 11.3 Å². The minimum Gasteiger partial charge on any atom is -0.289 e. The maximum atomic E-state index is 12.2. The van der Waals surface area contributed by atoms with Crippen LogP contribution in [0.15, 0.2) is 52.9 Å². The minimum atomic E-state index is -0.0959. The second-order valence-electron chi connectivity index (χ2n) is 4.21. The van der Waals surface area contributed by atoms with Gasteiger partial charge in [-0.3, -0.25) is 9.89 Å². The number of aromatic nitrogens is 5. The van der Waals surface area contributed by atoms with Gasteiger partial charge >= 0.3 is 0 Å². The molecule has 0 saturated carbocycles. The normalized spacial score (nSPS) is 11.2. The Morgan fingerprint density at radius 3 is 2.60 bits per heavy atom. The van der Waals surface area contributed by atoms with Crippen LogP contribution in [0.2, 0.25) is 0 Å². The molecular weight excluding hydrogens is 256 g/mol. The number of rotatable bonds is 3. The van der Waals surface area contributed by atoms with Gasteiger partial charge in [0.25, 0.3) is 5.56 Å². The van der Waals surface area contributed by atoms with Crippen molar-refractivity contribution in [2.75, 3.05) is 0 Å². The van der Waals surface area contributed by atoms with E-state index >= 15 is 0 Å². The summed E-state index contributed by atoms with van der Waals surface area (Å²) in [5, 5.41) is 14.5. The molecule has 0 aliphatic carbocycles. The topological polar surface area (TPSA) is 80.9 Å². The molecule has 1 N–H and O–H groups in total. The number of benzene rings is 1. The van der Waals surface area contributed by atoms with Crippen molar-refractivity contribution in [2.45, 2.75) is 6.92 Å². The fraction of sp³-hybridized carbons (Fsp3) is 0.0769. The molecule has 0 radical (unpaired) electrons. The molecule has 1 aromatic carbocycles. The van der Waals surface area contributed by atoms with Crippen LogP contribution in [-0.2, 0) is 0 Å². The van der Waals surface area contributed by atoms with Gasteiger partial charge in [0, 0.05) is 5.56 Å². The molecule has 0 unspecified atom stereocenters. The predicted molar refractivity (Wildman–Crippen MR) is 74.1 cm³/mol. The first-order valence-corrected chi connectivity index (χ1v) is 6.02. The van der Waals surface area contributed by atoms with Gasteiger partial charge in [-0.25, -0.2) is 9.36 Å². The Balaban J connectivity index is 2.00. The Labute approximate surface area is 114 Å². The van der Waals surface area contributed by atoms with Gasteiger partial charge in [-0.05, 0) is 19.1 Å². The minimum absolute atomic E-state index is 0.0959. The predicted octanol–water partition coefficient (Wildman–Crippen LogP) is 0.948. The fourth-order valence-electron chi connectivity index (χ4n) is 1.80. The SMILES string of the molecule is Cc1c(/C=N\n2cnnc2)[nH]n(-c2ccccc2)c1=O. The van der Waals surface area contributed by atoms with Gasteiger partial charge in [-0.1, -0.05) is 18.2 Å². The molecule has 0 spiro atoms. The molecule has 0 amide bonds. The largest absolute Gasteiger partial charge is 0.289 e. The quantitative estimate of drug-likeness (QED) is 0.718. The van der Waals surface area contributed by atoms with Gasteiger partial charge in [0.1, 0.15) is 12.7 Å². The second kappa shape index (κ2) is 4.96. The molecule has 100 valence electrons. The first kappa shape index (κ1) is 12.1. The van der Waals surface area contributed by atoms with Crippen LogP contribution in [-0.4, -0.2) is 30.9 Å². The zero-order valence-corrected chi connectivity index (χ0v) is 10.8. The number of hydrogen-bond donors (Lipinski definition) is 1. The standard InChI is InChI=1S/C13H12N6O/c1-10-12(7-16-18-8-14-15-9-18)17-19(13(10)20)11-5-3-2-4-6-11/h2-9,17H,1H3/b16-7-. The van der Waals surface area contributed by atoms with E-state index < -0.39 is 0 Å². The molecule has 0 fully saturated rings. The summed E-state index contributed by atoms with van der Waals surface area (Å²) >= 11 is 0. The van der Waals surface area contributed by atoms with Crippen LogP contribution in [0.4, 0.5) is 0 Å². The van der Waals surface area contributed by atoms with Gasteiger partial charge < -0.3 is 0 Å². The summed E-state index contributed by atoms with van der Waals surface area (Å²) in [5.74, 6) is 0. The first-order valence-electron chi connectivity index (χ1n) is 6.02. The highest BCUT2D eigenvalue weighted by Gasteiger charge is 2.09. The average molecular weight is 268 g/mol. The molecule has 2 heterocycles. The van der Waals surface area contributed by atoms with Crippen molar-refractivity contribution in [2.24, 2.45) is 5.10 Å². The van der Waals surface area contributed by atoms with Crippen molar-refractivity contribution in [3.63, 3.8) is 0 Å². The van der Waals surface area contributed by atoms with Crippen LogP contribution in [0.1, 0.15) is 11.3 Å². The summed E-state index contributed by atoms with van der Waals surface area (Å²) in [4.78, 5) is 12.2. The Morgan fingerprint density at radius 1 is 1.20 bits per heavy atom. The third-order valence-corrected chi connectivity index (χ3v) is 2.90.